The van der Waals surface area contributed by atoms with Crippen LogP contribution >= 0.6 is 11.3 Å². The van der Waals surface area contributed by atoms with Crippen LogP contribution in [0.4, 0.5) is 0 Å². The summed E-state index contributed by atoms with van der Waals surface area (Å²) >= 11 is 1.49. The Morgan fingerprint density at radius 3 is 2.61 bits per heavy atom. The highest BCUT2D eigenvalue weighted by Crippen LogP contribution is 2.22. The number of thiazole rings is 1. The van der Waals surface area contributed by atoms with E-state index in [2.05, 4.69) is 4.98 Å². The number of ether oxygens (including phenoxy) is 2. The molecular weight excluding hydrogens is 376 g/mol. The molecule has 0 aliphatic heterocycles. The zero-order valence-electron chi connectivity index (χ0n) is 16.0. The molecule has 3 rings (SSSR count). The third-order valence-corrected chi connectivity index (χ3v) is 5.10. The van der Waals surface area contributed by atoms with E-state index in [4.69, 9.17) is 9.47 Å². The van der Waals surface area contributed by atoms with Crippen molar-refractivity contribution in [1.29, 1.82) is 0 Å². The molecule has 6 nitrogen and oxygen atoms in total. The van der Waals surface area contributed by atoms with E-state index in [0.29, 0.717) is 17.7 Å². The van der Waals surface area contributed by atoms with Gasteiger partial charge in [0, 0.05) is 28.5 Å². The molecule has 1 atom stereocenters. The number of ketones is 1. The van der Waals surface area contributed by atoms with Gasteiger partial charge in [0.05, 0.1) is 0 Å². The van der Waals surface area contributed by atoms with Gasteiger partial charge in [-0.1, -0.05) is 25.1 Å². The van der Waals surface area contributed by atoms with Crippen LogP contribution in [0.1, 0.15) is 35.1 Å². The average molecular weight is 398 g/mol. The van der Waals surface area contributed by atoms with Crippen molar-refractivity contribution in [3.63, 3.8) is 0 Å². The summed E-state index contributed by atoms with van der Waals surface area (Å²) in [6, 6.07) is 10.9. The maximum atomic E-state index is 12.6. The molecule has 7 heteroatoms. The number of carbonyl (C=O) groups excluding carboxylic acids is 2. The van der Waals surface area contributed by atoms with E-state index in [9.17, 15) is 9.59 Å². The van der Waals surface area contributed by atoms with Gasteiger partial charge in [-0.2, -0.15) is 0 Å². The van der Waals surface area contributed by atoms with Crippen LogP contribution in [0.2, 0.25) is 0 Å². The van der Waals surface area contributed by atoms with E-state index in [1.165, 1.54) is 11.3 Å². The molecule has 0 unspecified atom stereocenters. The van der Waals surface area contributed by atoms with Crippen molar-refractivity contribution in [2.24, 2.45) is 0 Å². The molecule has 2 aromatic heterocycles. The maximum absolute atomic E-state index is 12.6. The number of nitrogens with zero attached hydrogens (tertiary/aromatic N) is 2. The zero-order valence-corrected chi connectivity index (χ0v) is 16.9. The summed E-state index contributed by atoms with van der Waals surface area (Å²) in [5, 5.41) is 2.68. The van der Waals surface area contributed by atoms with E-state index < -0.39 is 12.1 Å². The Morgan fingerprint density at radius 2 is 1.96 bits per heavy atom. The summed E-state index contributed by atoms with van der Waals surface area (Å²) in [4.78, 5) is 29.3. The van der Waals surface area contributed by atoms with E-state index >= 15 is 0 Å². The van der Waals surface area contributed by atoms with Gasteiger partial charge in [0.1, 0.15) is 5.75 Å². The lowest BCUT2D eigenvalue weighted by Gasteiger charge is -2.16. The van der Waals surface area contributed by atoms with Gasteiger partial charge < -0.3 is 9.47 Å². The molecule has 0 aliphatic carbocycles. The van der Waals surface area contributed by atoms with E-state index in [0.717, 1.165) is 16.5 Å². The summed E-state index contributed by atoms with van der Waals surface area (Å²) in [6.07, 6.45) is 1.42. The van der Waals surface area contributed by atoms with Gasteiger partial charge in [0.25, 0.3) is 0 Å². The SMILES string of the molecule is CC[C@H](Oc1ccccc1)C(=O)OCC(=O)c1cc(C)n(-c2nccs2)c1C. The number of rotatable bonds is 8. The first-order chi connectivity index (χ1) is 13.5. The summed E-state index contributed by atoms with van der Waals surface area (Å²) in [7, 11) is 0. The first-order valence-corrected chi connectivity index (χ1v) is 9.89. The van der Waals surface area contributed by atoms with Crippen molar-refractivity contribution in [2.45, 2.75) is 33.3 Å². The second-order valence-corrected chi connectivity index (χ2v) is 7.17. The smallest absolute Gasteiger partial charge is 0.347 e. The van der Waals surface area contributed by atoms with Gasteiger partial charge >= 0.3 is 5.97 Å². The monoisotopic (exact) mass is 398 g/mol. The summed E-state index contributed by atoms with van der Waals surface area (Å²) in [5.41, 5.74) is 2.21. The average Bonchev–Trinajstić information content (AvgIpc) is 3.32. The van der Waals surface area contributed by atoms with Crippen LogP contribution in [0.15, 0.2) is 48.0 Å². The van der Waals surface area contributed by atoms with Gasteiger partial charge in [-0.3, -0.25) is 9.36 Å². The first kappa shape index (κ1) is 19.8. The van der Waals surface area contributed by atoms with Crippen molar-refractivity contribution >= 4 is 23.1 Å². The number of esters is 1. The standard InChI is InChI=1S/C21H22N2O4S/c1-4-19(27-16-8-6-5-7-9-16)20(25)26-13-18(24)17-12-14(2)23(15(17)3)21-22-10-11-28-21/h5-12,19H,4,13H2,1-3H3/t19-/m0/s1. The van der Waals surface area contributed by atoms with Crippen LogP contribution in [-0.4, -0.2) is 34.0 Å². The topological polar surface area (TPSA) is 70.4 Å². The molecule has 0 aliphatic rings. The van der Waals surface area contributed by atoms with Gasteiger partial charge in [0.15, 0.2) is 17.8 Å². The first-order valence-electron chi connectivity index (χ1n) is 9.01. The van der Waals surface area contributed by atoms with E-state index in [1.807, 2.05) is 48.9 Å². The minimum absolute atomic E-state index is 0.251. The largest absolute Gasteiger partial charge is 0.479 e. The third kappa shape index (κ3) is 4.31. The molecule has 0 saturated heterocycles. The molecule has 0 bridgehead atoms. The fraction of sp³-hybridized carbons (Fsp3) is 0.286. The molecule has 3 aromatic rings. The Hall–Kier alpha value is -2.93. The Kier molecular flexibility index (Phi) is 6.26. The number of carbonyl (C=O) groups is 2. The lowest BCUT2D eigenvalue weighted by atomic mass is 10.1. The number of aromatic nitrogens is 2. The minimum Gasteiger partial charge on any atom is -0.479 e. The molecule has 0 radical (unpaired) electrons. The van der Waals surface area contributed by atoms with Crippen LogP contribution in [0.25, 0.3) is 5.13 Å². The molecule has 0 fully saturated rings. The molecule has 0 spiro atoms. The lowest BCUT2D eigenvalue weighted by Crippen LogP contribution is -2.30. The summed E-state index contributed by atoms with van der Waals surface area (Å²) in [5.74, 6) is -0.211. The lowest BCUT2D eigenvalue weighted by molar-refractivity contribution is -0.150. The van der Waals surface area contributed by atoms with E-state index in [1.54, 1.807) is 24.4 Å². The molecule has 2 heterocycles. The van der Waals surface area contributed by atoms with Crippen molar-refractivity contribution in [2.75, 3.05) is 6.61 Å². The molecular formula is C21H22N2O4S. The van der Waals surface area contributed by atoms with Crippen molar-refractivity contribution in [1.82, 2.24) is 9.55 Å². The molecule has 0 amide bonds. The van der Waals surface area contributed by atoms with Crippen LogP contribution < -0.4 is 4.74 Å². The quantitative estimate of drug-likeness (QED) is 0.421. The number of hydrogen-bond acceptors (Lipinski definition) is 6. The van der Waals surface area contributed by atoms with Gasteiger partial charge in [0.2, 0.25) is 5.78 Å². The maximum Gasteiger partial charge on any atom is 0.347 e. The fourth-order valence-electron chi connectivity index (χ4n) is 2.93. The van der Waals surface area contributed by atoms with Crippen LogP contribution in [0.3, 0.4) is 0 Å². The summed E-state index contributed by atoms with van der Waals surface area (Å²) < 4.78 is 12.8. The highest BCUT2D eigenvalue weighted by atomic mass is 32.1. The second kappa shape index (κ2) is 8.84. The number of hydrogen-bond donors (Lipinski definition) is 0. The zero-order chi connectivity index (χ0) is 20.1. The van der Waals surface area contributed by atoms with Crippen LogP contribution in [-0.2, 0) is 9.53 Å². The second-order valence-electron chi connectivity index (χ2n) is 6.29. The normalized spacial score (nSPS) is 11.8. The fourth-order valence-corrected chi connectivity index (χ4v) is 3.69. The predicted octanol–water partition coefficient (Wildman–Crippen LogP) is 4.13. The van der Waals surface area contributed by atoms with Crippen LogP contribution in [0.5, 0.6) is 5.75 Å². The van der Waals surface area contributed by atoms with Crippen molar-refractivity contribution < 1.29 is 19.1 Å². The minimum atomic E-state index is -0.752. The number of para-hydroxylation sites is 1. The summed E-state index contributed by atoms with van der Waals surface area (Å²) in [6.45, 7) is 5.28. The molecule has 28 heavy (non-hydrogen) atoms. The van der Waals surface area contributed by atoms with Crippen molar-refractivity contribution in [3.8, 4) is 10.9 Å². The highest BCUT2D eigenvalue weighted by molar-refractivity contribution is 7.12. The third-order valence-electron chi connectivity index (χ3n) is 4.34. The van der Waals surface area contributed by atoms with E-state index in [-0.39, 0.29) is 12.4 Å². The molecule has 146 valence electrons. The number of Topliss-reactive ketones (excluding diaryl/α,β-unsaturated/α-hetero) is 1. The Morgan fingerprint density at radius 1 is 1.21 bits per heavy atom. The Labute approximate surface area is 167 Å². The number of benzene rings is 1. The molecule has 0 saturated carbocycles. The van der Waals surface area contributed by atoms with Crippen LogP contribution in [0, 0.1) is 13.8 Å². The highest BCUT2D eigenvalue weighted by Gasteiger charge is 2.23. The Bertz CT molecular complexity index is 948. The molecule has 0 N–H and O–H groups in total. The van der Waals surface area contributed by atoms with Crippen molar-refractivity contribution in [3.05, 3.63) is 64.9 Å². The van der Waals surface area contributed by atoms with Gasteiger partial charge in [-0.05, 0) is 38.5 Å². The molecule has 1 aromatic carbocycles. The van der Waals surface area contributed by atoms with Gasteiger partial charge in [-0.15, -0.1) is 11.3 Å². The Balaban J connectivity index is 1.65. The number of aryl methyl sites for hydroxylation is 1. The predicted molar refractivity (Wildman–Crippen MR) is 107 cm³/mol. The van der Waals surface area contributed by atoms with Gasteiger partial charge in [-0.25, -0.2) is 9.78 Å².